The molecule has 128 valence electrons. The summed E-state index contributed by atoms with van der Waals surface area (Å²) in [4.78, 5) is 16.5. The second-order valence-electron chi connectivity index (χ2n) is 6.17. The van der Waals surface area contributed by atoms with Crippen LogP contribution in [0.3, 0.4) is 0 Å². The molecular weight excluding hydrogens is 317 g/mol. The fourth-order valence-electron chi connectivity index (χ4n) is 3.15. The van der Waals surface area contributed by atoms with Crippen LogP contribution in [0.4, 0.5) is 4.39 Å². The monoisotopic (exact) mass is 337 g/mol. The number of carbonyl (C=O) groups is 1. The van der Waals surface area contributed by atoms with E-state index in [-0.39, 0.29) is 11.5 Å². The SMILES string of the molecule is N#Cc1ccccc1CN1CCCN(C(=O)c2ccccc2F)CC1. The number of benzene rings is 2. The first-order valence-electron chi connectivity index (χ1n) is 8.43. The molecule has 2 aromatic carbocycles. The first-order valence-corrected chi connectivity index (χ1v) is 8.43. The molecule has 0 radical (unpaired) electrons. The molecule has 1 saturated heterocycles. The molecule has 5 heteroatoms. The Morgan fingerprint density at radius 3 is 2.60 bits per heavy atom. The van der Waals surface area contributed by atoms with Gasteiger partial charge in [0.2, 0.25) is 0 Å². The van der Waals surface area contributed by atoms with Crippen molar-refractivity contribution in [3.05, 3.63) is 71.0 Å². The summed E-state index contributed by atoms with van der Waals surface area (Å²) >= 11 is 0. The number of rotatable bonds is 3. The lowest BCUT2D eigenvalue weighted by Crippen LogP contribution is -2.35. The summed E-state index contributed by atoms with van der Waals surface area (Å²) < 4.78 is 13.9. The highest BCUT2D eigenvalue weighted by atomic mass is 19.1. The third kappa shape index (κ3) is 4.04. The van der Waals surface area contributed by atoms with E-state index in [0.29, 0.717) is 31.7 Å². The van der Waals surface area contributed by atoms with E-state index in [9.17, 15) is 14.4 Å². The van der Waals surface area contributed by atoms with Crippen LogP contribution in [0.1, 0.15) is 27.9 Å². The Balaban J connectivity index is 1.66. The van der Waals surface area contributed by atoms with Crippen LogP contribution in [-0.2, 0) is 6.54 Å². The Morgan fingerprint density at radius 1 is 1.04 bits per heavy atom. The van der Waals surface area contributed by atoms with Gasteiger partial charge in [-0.1, -0.05) is 30.3 Å². The van der Waals surface area contributed by atoms with Crippen molar-refractivity contribution < 1.29 is 9.18 Å². The van der Waals surface area contributed by atoms with Crippen molar-refractivity contribution in [1.82, 2.24) is 9.80 Å². The van der Waals surface area contributed by atoms with Crippen molar-refractivity contribution in [2.45, 2.75) is 13.0 Å². The van der Waals surface area contributed by atoms with Crippen LogP contribution in [0.5, 0.6) is 0 Å². The summed E-state index contributed by atoms with van der Waals surface area (Å²) in [6.45, 7) is 3.41. The average Bonchev–Trinajstić information content (AvgIpc) is 2.88. The molecular formula is C20H20FN3O. The molecule has 0 unspecified atom stereocenters. The minimum absolute atomic E-state index is 0.130. The van der Waals surface area contributed by atoms with Gasteiger partial charge >= 0.3 is 0 Å². The molecule has 2 aromatic rings. The van der Waals surface area contributed by atoms with Crippen molar-refractivity contribution in [2.24, 2.45) is 0 Å². The number of hydrogen-bond acceptors (Lipinski definition) is 3. The zero-order valence-corrected chi connectivity index (χ0v) is 14.0. The first-order chi connectivity index (χ1) is 12.2. The molecule has 0 spiro atoms. The Bertz CT molecular complexity index is 800. The van der Waals surface area contributed by atoms with Crippen molar-refractivity contribution in [2.75, 3.05) is 26.2 Å². The number of hydrogen-bond donors (Lipinski definition) is 0. The second kappa shape index (κ2) is 7.91. The quantitative estimate of drug-likeness (QED) is 0.865. The number of nitrogens with zero attached hydrogens (tertiary/aromatic N) is 3. The summed E-state index contributed by atoms with van der Waals surface area (Å²) in [5.74, 6) is -0.728. The molecule has 25 heavy (non-hydrogen) atoms. The maximum Gasteiger partial charge on any atom is 0.256 e. The normalized spacial score (nSPS) is 15.4. The molecule has 1 aliphatic heterocycles. The third-order valence-corrected chi connectivity index (χ3v) is 4.51. The minimum Gasteiger partial charge on any atom is -0.337 e. The molecule has 1 amide bonds. The Labute approximate surface area is 147 Å². The first kappa shape index (κ1) is 17.1. The average molecular weight is 337 g/mol. The molecule has 0 aromatic heterocycles. The Kier molecular flexibility index (Phi) is 5.42. The predicted octanol–water partition coefficient (Wildman–Crippen LogP) is 3.05. The topological polar surface area (TPSA) is 47.3 Å². The molecule has 0 bridgehead atoms. The van der Waals surface area contributed by atoms with Gasteiger partial charge in [0.1, 0.15) is 5.82 Å². The molecule has 1 aliphatic rings. The summed E-state index contributed by atoms with van der Waals surface area (Å²) in [7, 11) is 0. The van der Waals surface area contributed by atoms with Gasteiger partial charge in [0.05, 0.1) is 17.2 Å². The van der Waals surface area contributed by atoms with E-state index in [1.807, 2.05) is 24.3 Å². The minimum atomic E-state index is -0.475. The fourth-order valence-corrected chi connectivity index (χ4v) is 3.15. The van der Waals surface area contributed by atoms with Crippen molar-refractivity contribution in [3.8, 4) is 6.07 Å². The highest BCUT2D eigenvalue weighted by molar-refractivity contribution is 5.94. The van der Waals surface area contributed by atoms with E-state index in [1.165, 1.54) is 12.1 Å². The van der Waals surface area contributed by atoms with Crippen molar-refractivity contribution >= 4 is 5.91 Å². The van der Waals surface area contributed by atoms with Crippen LogP contribution in [-0.4, -0.2) is 41.9 Å². The molecule has 3 rings (SSSR count). The van der Waals surface area contributed by atoms with Gasteiger partial charge in [-0.3, -0.25) is 9.69 Å². The Morgan fingerprint density at radius 2 is 1.80 bits per heavy atom. The summed E-state index contributed by atoms with van der Waals surface area (Å²) in [6, 6.07) is 15.9. The van der Waals surface area contributed by atoms with Gasteiger partial charge < -0.3 is 4.90 Å². The molecule has 0 aliphatic carbocycles. The smallest absolute Gasteiger partial charge is 0.256 e. The van der Waals surface area contributed by atoms with E-state index in [1.54, 1.807) is 17.0 Å². The number of halogens is 1. The third-order valence-electron chi connectivity index (χ3n) is 4.51. The van der Waals surface area contributed by atoms with E-state index in [4.69, 9.17) is 0 Å². The second-order valence-corrected chi connectivity index (χ2v) is 6.17. The summed E-state index contributed by atoms with van der Waals surface area (Å²) in [5.41, 5.74) is 1.82. The van der Waals surface area contributed by atoms with E-state index in [2.05, 4.69) is 11.0 Å². The van der Waals surface area contributed by atoms with Gasteiger partial charge in [0.15, 0.2) is 0 Å². The van der Waals surface area contributed by atoms with E-state index >= 15 is 0 Å². The number of amides is 1. The van der Waals surface area contributed by atoms with Gasteiger partial charge in [-0.2, -0.15) is 5.26 Å². The van der Waals surface area contributed by atoms with Gasteiger partial charge in [-0.25, -0.2) is 4.39 Å². The number of nitriles is 1. The highest BCUT2D eigenvalue weighted by Gasteiger charge is 2.22. The van der Waals surface area contributed by atoms with Crippen molar-refractivity contribution in [3.63, 3.8) is 0 Å². The number of carbonyl (C=O) groups excluding carboxylic acids is 1. The van der Waals surface area contributed by atoms with Crippen LogP contribution in [0.25, 0.3) is 0 Å². The van der Waals surface area contributed by atoms with Crippen LogP contribution >= 0.6 is 0 Å². The summed E-state index contributed by atoms with van der Waals surface area (Å²) in [5, 5.41) is 9.21. The van der Waals surface area contributed by atoms with Gasteiger partial charge in [0, 0.05) is 32.7 Å². The molecule has 0 N–H and O–H groups in total. The standard InChI is InChI=1S/C20H20FN3O/c21-19-9-4-3-8-18(19)20(25)24-11-5-10-23(12-13-24)15-17-7-2-1-6-16(17)14-22/h1-4,6-9H,5,10-13,15H2. The van der Waals surface area contributed by atoms with E-state index < -0.39 is 5.82 Å². The van der Waals surface area contributed by atoms with Gasteiger partial charge in [-0.05, 0) is 30.2 Å². The molecule has 1 heterocycles. The maximum absolute atomic E-state index is 13.9. The lowest BCUT2D eigenvalue weighted by molar-refractivity contribution is 0.0756. The fraction of sp³-hybridized carbons (Fsp3) is 0.300. The van der Waals surface area contributed by atoms with Gasteiger partial charge in [0.25, 0.3) is 5.91 Å². The zero-order valence-electron chi connectivity index (χ0n) is 14.0. The molecule has 0 saturated carbocycles. The maximum atomic E-state index is 13.9. The van der Waals surface area contributed by atoms with Crippen LogP contribution in [0, 0.1) is 17.1 Å². The lowest BCUT2D eigenvalue weighted by atomic mass is 10.1. The van der Waals surface area contributed by atoms with Crippen LogP contribution < -0.4 is 0 Å². The lowest BCUT2D eigenvalue weighted by Gasteiger charge is -2.22. The highest BCUT2D eigenvalue weighted by Crippen LogP contribution is 2.15. The molecule has 1 fully saturated rings. The largest absolute Gasteiger partial charge is 0.337 e. The van der Waals surface area contributed by atoms with Gasteiger partial charge in [-0.15, -0.1) is 0 Å². The Hall–Kier alpha value is -2.71. The van der Waals surface area contributed by atoms with E-state index in [0.717, 1.165) is 18.5 Å². The van der Waals surface area contributed by atoms with Crippen molar-refractivity contribution in [1.29, 1.82) is 5.26 Å². The van der Waals surface area contributed by atoms with Crippen LogP contribution in [0.2, 0.25) is 0 Å². The summed E-state index contributed by atoms with van der Waals surface area (Å²) in [6.07, 6.45) is 0.828. The van der Waals surface area contributed by atoms with Crippen LogP contribution in [0.15, 0.2) is 48.5 Å². The predicted molar refractivity (Wildman–Crippen MR) is 93.4 cm³/mol. The zero-order chi connectivity index (χ0) is 17.6. The molecule has 0 atom stereocenters. The molecule has 4 nitrogen and oxygen atoms in total.